The number of hydrogen-bond donors (Lipinski definition) is 1. The lowest BCUT2D eigenvalue weighted by Gasteiger charge is -2.15. The maximum absolute atomic E-state index is 12.1. The van der Waals surface area contributed by atoms with Crippen LogP contribution in [-0.4, -0.2) is 54.5 Å². The van der Waals surface area contributed by atoms with Crippen LogP contribution in [0.4, 0.5) is 5.13 Å². The van der Waals surface area contributed by atoms with Crippen molar-refractivity contribution in [3.05, 3.63) is 35.5 Å². The number of benzene rings is 1. The number of carbonyl (C=O) groups excluding carboxylic acids is 1. The Labute approximate surface area is 163 Å². The zero-order chi connectivity index (χ0) is 19.4. The number of nitrogens with one attached hydrogen (secondary N) is 1. The third-order valence-electron chi connectivity index (χ3n) is 4.18. The van der Waals surface area contributed by atoms with Gasteiger partial charge in [0.2, 0.25) is 5.91 Å². The number of methoxy groups -OCH3 is 1. The minimum atomic E-state index is -0.0232. The molecular weight excluding hydrogens is 362 g/mol. The van der Waals surface area contributed by atoms with Crippen LogP contribution in [0.1, 0.15) is 17.7 Å². The van der Waals surface area contributed by atoms with E-state index in [-0.39, 0.29) is 12.5 Å². The Balaban J connectivity index is 1.76. The van der Waals surface area contributed by atoms with Crippen molar-refractivity contribution in [1.29, 1.82) is 0 Å². The molecule has 7 nitrogen and oxygen atoms in total. The summed E-state index contributed by atoms with van der Waals surface area (Å²) in [5, 5.41) is 8.34. The fraction of sp³-hybridized carbons (Fsp3) is 0.421. The molecule has 2 aromatic heterocycles. The first-order valence-corrected chi connectivity index (χ1v) is 9.71. The summed E-state index contributed by atoms with van der Waals surface area (Å²) in [6.45, 7) is 5.56. The summed E-state index contributed by atoms with van der Waals surface area (Å²) in [6, 6.07) is 8.18. The Hall–Kier alpha value is -2.45. The molecule has 8 heteroatoms. The molecule has 0 spiro atoms. The van der Waals surface area contributed by atoms with Gasteiger partial charge in [0.1, 0.15) is 0 Å². The van der Waals surface area contributed by atoms with Crippen LogP contribution in [0, 0.1) is 13.8 Å². The van der Waals surface area contributed by atoms with Crippen LogP contribution < -0.4 is 10.2 Å². The number of ether oxygens (including phenoxy) is 1. The van der Waals surface area contributed by atoms with E-state index in [0.29, 0.717) is 13.2 Å². The molecule has 27 heavy (non-hydrogen) atoms. The molecule has 3 rings (SSSR count). The molecule has 3 aromatic rings. The molecule has 0 aliphatic heterocycles. The van der Waals surface area contributed by atoms with Crippen LogP contribution in [-0.2, 0) is 9.53 Å². The summed E-state index contributed by atoms with van der Waals surface area (Å²) in [5.41, 5.74) is 3.92. The Morgan fingerprint density at radius 3 is 2.93 bits per heavy atom. The van der Waals surface area contributed by atoms with Gasteiger partial charge >= 0.3 is 0 Å². The third-order valence-corrected chi connectivity index (χ3v) is 5.45. The molecular formula is C19H25N5O2S. The number of aromatic nitrogens is 3. The average Bonchev–Trinajstić information content (AvgIpc) is 3.20. The van der Waals surface area contributed by atoms with E-state index in [1.54, 1.807) is 18.4 Å². The van der Waals surface area contributed by atoms with E-state index in [4.69, 9.17) is 9.72 Å². The first-order valence-electron chi connectivity index (χ1n) is 8.89. The van der Waals surface area contributed by atoms with Crippen LogP contribution in [0.2, 0.25) is 0 Å². The number of aryl methyl sites for hydroxylation is 2. The SMILES string of the molecule is COCCCNC(=O)CN(C)c1nc2c(s1)c(C)nn2-c1cccc(C)c1. The van der Waals surface area contributed by atoms with Crippen molar-refractivity contribution < 1.29 is 9.53 Å². The molecule has 0 aliphatic carbocycles. The summed E-state index contributed by atoms with van der Waals surface area (Å²) in [7, 11) is 3.54. The molecule has 0 fully saturated rings. The molecule has 1 N–H and O–H groups in total. The van der Waals surface area contributed by atoms with Crippen LogP contribution in [0.15, 0.2) is 24.3 Å². The number of anilines is 1. The van der Waals surface area contributed by atoms with Crippen molar-refractivity contribution in [3.8, 4) is 5.69 Å². The zero-order valence-electron chi connectivity index (χ0n) is 16.2. The van der Waals surface area contributed by atoms with Gasteiger partial charge in [0.05, 0.1) is 22.6 Å². The van der Waals surface area contributed by atoms with Gasteiger partial charge in [-0.2, -0.15) is 10.1 Å². The minimum Gasteiger partial charge on any atom is -0.385 e. The first-order chi connectivity index (χ1) is 13.0. The second-order valence-electron chi connectivity index (χ2n) is 6.54. The van der Waals surface area contributed by atoms with Gasteiger partial charge in [-0.1, -0.05) is 23.5 Å². The molecule has 0 atom stereocenters. The predicted molar refractivity (Wildman–Crippen MR) is 109 cm³/mol. The van der Waals surface area contributed by atoms with Gasteiger partial charge in [-0.3, -0.25) is 4.79 Å². The highest BCUT2D eigenvalue weighted by Gasteiger charge is 2.18. The third kappa shape index (κ3) is 4.45. The summed E-state index contributed by atoms with van der Waals surface area (Å²) in [4.78, 5) is 18.7. The van der Waals surface area contributed by atoms with E-state index in [9.17, 15) is 4.79 Å². The molecule has 0 saturated heterocycles. The van der Waals surface area contributed by atoms with Gasteiger partial charge in [0.25, 0.3) is 0 Å². The zero-order valence-corrected chi connectivity index (χ0v) is 17.0. The second kappa shape index (κ2) is 8.49. The topological polar surface area (TPSA) is 72.3 Å². The van der Waals surface area contributed by atoms with Crippen molar-refractivity contribution in [2.24, 2.45) is 0 Å². The molecule has 1 aromatic carbocycles. The molecule has 0 saturated carbocycles. The van der Waals surface area contributed by atoms with Gasteiger partial charge in [-0.05, 0) is 38.0 Å². The number of likely N-dealkylation sites (N-methyl/N-ethyl adjacent to an activating group) is 1. The van der Waals surface area contributed by atoms with Gasteiger partial charge in [-0.25, -0.2) is 4.68 Å². The Kier molecular flexibility index (Phi) is 6.08. The van der Waals surface area contributed by atoms with Gasteiger partial charge in [-0.15, -0.1) is 0 Å². The molecule has 144 valence electrons. The molecule has 0 unspecified atom stereocenters. The highest BCUT2D eigenvalue weighted by Crippen LogP contribution is 2.32. The van der Waals surface area contributed by atoms with Crippen LogP contribution in [0.5, 0.6) is 0 Å². The lowest BCUT2D eigenvalue weighted by atomic mass is 10.2. The number of thiazole rings is 1. The van der Waals surface area contributed by atoms with Crippen LogP contribution >= 0.6 is 11.3 Å². The molecule has 1 amide bonds. The fourth-order valence-corrected chi connectivity index (χ4v) is 3.76. The van der Waals surface area contributed by atoms with E-state index in [0.717, 1.165) is 33.3 Å². The van der Waals surface area contributed by atoms with Crippen LogP contribution in [0.25, 0.3) is 16.0 Å². The van der Waals surface area contributed by atoms with E-state index >= 15 is 0 Å². The summed E-state index contributed by atoms with van der Waals surface area (Å²) >= 11 is 1.56. The standard InChI is InChI=1S/C19H25N5O2S/c1-13-7-5-8-15(11-13)24-18-17(14(2)22-24)27-19(21-18)23(3)12-16(25)20-9-6-10-26-4/h5,7-8,11H,6,9-10,12H2,1-4H3,(H,20,25). The van der Waals surface area contributed by atoms with E-state index < -0.39 is 0 Å². The quantitative estimate of drug-likeness (QED) is 0.602. The van der Waals surface area contributed by atoms with Gasteiger partial charge in [0, 0.05) is 27.3 Å². The van der Waals surface area contributed by atoms with E-state index in [2.05, 4.69) is 29.5 Å². The average molecular weight is 388 g/mol. The van der Waals surface area contributed by atoms with Crippen molar-refractivity contribution in [2.75, 3.05) is 38.8 Å². The van der Waals surface area contributed by atoms with E-state index in [1.807, 2.05) is 35.7 Å². The molecule has 0 bridgehead atoms. The van der Waals surface area contributed by atoms with Crippen molar-refractivity contribution in [3.63, 3.8) is 0 Å². The lowest BCUT2D eigenvalue weighted by molar-refractivity contribution is -0.119. The number of amides is 1. The Morgan fingerprint density at radius 2 is 2.19 bits per heavy atom. The monoisotopic (exact) mass is 387 g/mol. The van der Waals surface area contributed by atoms with E-state index in [1.165, 1.54) is 5.56 Å². The van der Waals surface area contributed by atoms with Crippen molar-refractivity contribution >= 4 is 32.7 Å². The number of hydrogen-bond acceptors (Lipinski definition) is 6. The summed E-state index contributed by atoms with van der Waals surface area (Å²) in [5.74, 6) is -0.0232. The highest BCUT2D eigenvalue weighted by molar-refractivity contribution is 7.22. The fourth-order valence-electron chi connectivity index (χ4n) is 2.81. The maximum atomic E-state index is 12.1. The number of carbonyl (C=O) groups is 1. The second-order valence-corrected chi connectivity index (χ2v) is 7.52. The van der Waals surface area contributed by atoms with Crippen molar-refractivity contribution in [1.82, 2.24) is 20.1 Å². The predicted octanol–water partition coefficient (Wildman–Crippen LogP) is 2.69. The minimum absolute atomic E-state index is 0.0232. The van der Waals surface area contributed by atoms with Gasteiger partial charge < -0.3 is 15.0 Å². The smallest absolute Gasteiger partial charge is 0.239 e. The summed E-state index contributed by atoms with van der Waals surface area (Å²) < 4.78 is 7.90. The normalized spacial score (nSPS) is 11.1. The largest absolute Gasteiger partial charge is 0.385 e. The Bertz CT molecular complexity index is 933. The van der Waals surface area contributed by atoms with Gasteiger partial charge in [0.15, 0.2) is 10.8 Å². The maximum Gasteiger partial charge on any atom is 0.239 e. The number of nitrogens with zero attached hydrogens (tertiary/aromatic N) is 4. The van der Waals surface area contributed by atoms with Crippen LogP contribution in [0.3, 0.4) is 0 Å². The van der Waals surface area contributed by atoms with Crippen molar-refractivity contribution in [2.45, 2.75) is 20.3 Å². The molecule has 2 heterocycles. The molecule has 0 aliphatic rings. The Morgan fingerprint density at radius 1 is 1.37 bits per heavy atom. The summed E-state index contributed by atoms with van der Waals surface area (Å²) in [6.07, 6.45) is 0.804. The number of fused-ring (bicyclic) bond motifs is 1. The first kappa shape index (κ1) is 19.3. The molecule has 0 radical (unpaired) electrons. The number of rotatable bonds is 8. The lowest BCUT2D eigenvalue weighted by Crippen LogP contribution is -2.35. The highest BCUT2D eigenvalue weighted by atomic mass is 32.1.